The van der Waals surface area contributed by atoms with Gasteiger partial charge in [0.1, 0.15) is 5.75 Å². The van der Waals surface area contributed by atoms with Crippen LogP contribution in [0.4, 0.5) is 5.69 Å². The van der Waals surface area contributed by atoms with Crippen molar-refractivity contribution in [2.75, 3.05) is 12.0 Å². The van der Waals surface area contributed by atoms with Crippen LogP contribution < -0.4 is 9.64 Å². The molecule has 3 aromatic rings. The zero-order chi connectivity index (χ0) is 19.8. The van der Waals surface area contributed by atoms with Gasteiger partial charge in [0.2, 0.25) is 0 Å². The highest BCUT2D eigenvalue weighted by Gasteiger charge is 2.43. The number of aromatic nitrogens is 2. The van der Waals surface area contributed by atoms with E-state index in [-0.39, 0.29) is 11.9 Å². The Hall–Kier alpha value is -2.79. The second-order valence-electron chi connectivity index (χ2n) is 7.36. The molecule has 0 fully saturated rings. The SMILES string of the molecule is COc1ccc(N2C(=O)c3n[nH]c(CC(C)C)c3C2c2ccccc2Cl)cc1. The predicted molar refractivity (Wildman–Crippen MR) is 110 cm³/mol. The molecule has 28 heavy (non-hydrogen) atoms. The number of methoxy groups -OCH3 is 1. The van der Waals surface area contributed by atoms with E-state index in [1.54, 1.807) is 12.0 Å². The van der Waals surface area contributed by atoms with Gasteiger partial charge in [0.15, 0.2) is 5.69 Å². The molecule has 1 aliphatic rings. The molecule has 5 nitrogen and oxygen atoms in total. The standard InChI is InChI=1S/C22H22ClN3O2/c1-13(2)12-18-19-20(25-24-18)22(27)26(14-8-10-15(28-3)11-9-14)21(19)16-6-4-5-7-17(16)23/h4-11,13,21H,12H2,1-3H3,(H,24,25). The van der Waals surface area contributed by atoms with Crippen molar-refractivity contribution in [2.45, 2.75) is 26.3 Å². The second kappa shape index (κ2) is 7.32. The average Bonchev–Trinajstić information content (AvgIpc) is 3.21. The highest BCUT2D eigenvalue weighted by Crippen LogP contribution is 2.44. The van der Waals surface area contributed by atoms with Gasteiger partial charge in [-0.05, 0) is 48.2 Å². The molecule has 4 rings (SSSR count). The maximum Gasteiger partial charge on any atom is 0.280 e. The molecule has 1 aliphatic heterocycles. The van der Waals surface area contributed by atoms with E-state index in [0.717, 1.165) is 34.7 Å². The maximum atomic E-state index is 13.3. The second-order valence-corrected chi connectivity index (χ2v) is 7.77. The smallest absolute Gasteiger partial charge is 0.280 e. The minimum Gasteiger partial charge on any atom is -0.497 e. The first-order valence-corrected chi connectivity index (χ1v) is 9.68. The molecule has 0 spiro atoms. The lowest BCUT2D eigenvalue weighted by molar-refractivity contribution is 0.0988. The topological polar surface area (TPSA) is 58.2 Å². The van der Waals surface area contributed by atoms with E-state index >= 15 is 0 Å². The molecule has 2 aromatic carbocycles. The van der Waals surface area contributed by atoms with Crippen molar-refractivity contribution in [2.24, 2.45) is 5.92 Å². The predicted octanol–water partition coefficient (Wildman–Crippen LogP) is 5.02. The number of ether oxygens (including phenoxy) is 1. The Labute approximate surface area is 169 Å². The number of benzene rings is 2. The summed E-state index contributed by atoms with van der Waals surface area (Å²) in [5.74, 6) is 1.04. The molecule has 1 atom stereocenters. The van der Waals surface area contributed by atoms with Crippen LogP contribution in [0, 0.1) is 5.92 Å². The number of rotatable bonds is 5. The molecule has 6 heteroatoms. The Kier molecular flexibility index (Phi) is 4.85. The van der Waals surface area contributed by atoms with Crippen LogP contribution in [0.25, 0.3) is 0 Å². The van der Waals surface area contributed by atoms with Crippen LogP contribution in [0.2, 0.25) is 5.02 Å². The summed E-state index contributed by atoms with van der Waals surface area (Å²) in [6.07, 6.45) is 0.813. The van der Waals surface area contributed by atoms with Crippen LogP contribution in [0.1, 0.15) is 47.2 Å². The first-order valence-electron chi connectivity index (χ1n) is 9.30. The molecule has 1 N–H and O–H groups in total. The molecular formula is C22H22ClN3O2. The first-order chi connectivity index (χ1) is 13.5. The number of aromatic amines is 1. The highest BCUT2D eigenvalue weighted by molar-refractivity contribution is 6.31. The molecule has 144 valence electrons. The lowest BCUT2D eigenvalue weighted by Gasteiger charge is -2.27. The number of amides is 1. The number of H-pyrrole nitrogens is 1. The van der Waals surface area contributed by atoms with Gasteiger partial charge in [-0.2, -0.15) is 5.10 Å². The fourth-order valence-electron chi connectivity index (χ4n) is 3.77. The molecule has 0 saturated heterocycles. The van der Waals surface area contributed by atoms with Crippen LogP contribution in [0.3, 0.4) is 0 Å². The molecule has 2 heterocycles. The van der Waals surface area contributed by atoms with E-state index in [1.807, 2.05) is 48.5 Å². The quantitative estimate of drug-likeness (QED) is 0.659. The van der Waals surface area contributed by atoms with Crippen LogP contribution in [-0.2, 0) is 6.42 Å². The molecule has 1 amide bonds. The lowest BCUT2D eigenvalue weighted by atomic mass is 9.95. The Morgan fingerprint density at radius 3 is 2.54 bits per heavy atom. The molecule has 0 radical (unpaired) electrons. The lowest BCUT2D eigenvalue weighted by Crippen LogP contribution is -2.29. The van der Waals surface area contributed by atoms with E-state index in [9.17, 15) is 4.79 Å². The van der Waals surface area contributed by atoms with Crippen molar-refractivity contribution in [1.29, 1.82) is 0 Å². The minimum absolute atomic E-state index is 0.128. The first kappa shape index (κ1) is 18.6. The number of hydrogen-bond acceptors (Lipinski definition) is 3. The summed E-state index contributed by atoms with van der Waals surface area (Å²) < 4.78 is 5.26. The van der Waals surface area contributed by atoms with E-state index in [4.69, 9.17) is 16.3 Å². The average molecular weight is 396 g/mol. The van der Waals surface area contributed by atoms with Crippen LogP contribution in [-0.4, -0.2) is 23.2 Å². The van der Waals surface area contributed by atoms with Gasteiger partial charge in [-0.1, -0.05) is 43.6 Å². The summed E-state index contributed by atoms with van der Waals surface area (Å²) in [6.45, 7) is 4.30. The van der Waals surface area contributed by atoms with Crippen LogP contribution in [0.15, 0.2) is 48.5 Å². The van der Waals surface area contributed by atoms with Gasteiger partial charge in [-0.15, -0.1) is 0 Å². The molecule has 0 saturated carbocycles. The number of hydrogen-bond donors (Lipinski definition) is 1. The number of anilines is 1. The van der Waals surface area contributed by atoms with Gasteiger partial charge in [-0.3, -0.25) is 14.8 Å². The van der Waals surface area contributed by atoms with Gasteiger partial charge in [0.25, 0.3) is 5.91 Å². The summed E-state index contributed by atoms with van der Waals surface area (Å²) in [5, 5.41) is 8.08. The van der Waals surface area contributed by atoms with Crippen molar-refractivity contribution in [3.05, 3.63) is 76.1 Å². The summed E-state index contributed by atoms with van der Waals surface area (Å²) in [6, 6.07) is 14.8. The maximum absolute atomic E-state index is 13.3. The number of fused-ring (bicyclic) bond motifs is 1. The number of carbonyl (C=O) groups is 1. The molecule has 0 bridgehead atoms. The number of nitrogens with one attached hydrogen (secondary N) is 1. The number of nitrogens with zero attached hydrogens (tertiary/aromatic N) is 2. The third kappa shape index (κ3) is 3.06. The van der Waals surface area contributed by atoms with E-state index in [2.05, 4.69) is 24.0 Å². The highest BCUT2D eigenvalue weighted by atomic mass is 35.5. The van der Waals surface area contributed by atoms with Crippen molar-refractivity contribution < 1.29 is 9.53 Å². The monoisotopic (exact) mass is 395 g/mol. The fourth-order valence-corrected chi connectivity index (χ4v) is 4.01. The van der Waals surface area contributed by atoms with Crippen molar-refractivity contribution in [1.82, 2.24) is 10.2 Å². The largest absolute Gasteiger partial charge is 0.497 e. The summed E-state index contributed by atoms with van der Waals surface area (Å²) >= 11 is 6.56. The Morgan fingerprint density at radius 2 is 1.89 bits per heavy atom. The summed E-state index contributed by atoms with van der Waals surface area (Å²) in [5.41, 5.74) is 4.04. The normalized spacial score (nSPS) is 16.0. The van der Waals surface area contributed by atoms with Gasteiger partial charge >= 0.3 is 0 Å². The van der Waals surface area contributed by atoms with Crippen LogP contribution >= 0.6 is 11.6 Å². The van der Waals surface area contributed by atoms with Gasteiger partial charge < -0.3 is 4.74 Å². The Morgan fingerprint density at radius 1 is 1.18 bits per heavy atom. The molecule has 1 aromatic heterocycles. The third-order valence-electron chi connectivity index (χ3n) is 5.00. The zero-order valence-corrected chi connectivity index (χ0v) is 16.8. The minimum atomic E-state index is -0.322. The van der Waals surface area contributed by atoms with Gasteiger partial charge in [0.05, 0.1) is 13.2 Å². The number of halogens is 1. The fraction of sp³-hybridized carbons (Fsp3) is 0.273. The van der Waals surface area contributed by atoms with Crippen molar-refractivity contribution >= 4 is 23.2 Å². The Balaban J connectivity index is 1.88. The molecule has 0 aliphatic carbocycles. The third-order valence-corrected chi connectivity index (χ3v) is 5.34. The Bertz CT molecular complexity index is 1010. The van der Waals surface area contributed by atoms with E-state index in [0.29, 0.717) is 16.6 Å². The van der Waals surface area contributed by atoms with Crippen molar-refractivity contribution in [3.8, 4) is 5.75 Å². The van der Waals surface area contributed by atoms with Crippen molar-refractivity contribution in [3.63, 3.8) is 0 Å². The van der Waals surface area contributed by atoms with Gasteiger partial charge in [-0.25, -0.2) is 0 Å². The summed E-state index contributed by atoms with van der Waals surface area (Å²) in [7, 11) is 1.62. The van der Waals surface area contributed by atoms with E-state index in [1.165, 1.54) is 0 Å². The molecular weight excluding hydrogens is 374 g/mol. The summed E-state index contributed by atoms with van der Waals surface area (Å²) in [4.78, 5) is 15.1. The molecule has 1 unspecified atom stereocenters. The van der Waals surface area contributed by atoms with Gasteiger partial charge in [0, 0.05) is 22.0 Å². The van der Waals surface area contributed by atoms with E-state index < -0.39 is 0 Å². The zero-order valence-electron chi connectivity index (χ0n) is 16.1. The van der Waals surface area contributed by atoms with Crippen LogP contribution in [0.5, 0.6) is 5.75 Å². The number of carbonyl (C=O) groups excluding carboxylic acids is 1.